The van der Waals surface area contributed by atoms with Crippen molar-refractivity contribution in [2.75, 3.05) is 24.6 Å². The molecular weight excluding hydrogens is 246 g/mol. The SMILES string of the molecule is CCN(CCO)c1ccc2nc(C)c(C(=O)O)n2c1. The third-order valence-corrected chi connectivity index (χ3v) is 3.10. The number of fused-ring (bicyclic) bond motifs is 1. The molecule has 0 aliphatic carbocycles. The number of rotatable bonds is 5. The van der Waals surface area contributed by atoms with Crippen LogP contribution < -0.4 is 4.90 Å². The minimum atomic E-state index is -0.993. The van der Waals surface area contributed by atoms with Crippen molar-refractivity contribution in [3.63, 3.8) is 0 Å². The molecule has 2 heterocycles. The number of anilines is 1. The summed E-state index contributed by atoms with van der Waals surface area (Å²) in [4.78, 5) is 17.5. The van der Waals surface area contributed by atoms with Crippen LogP contribution in [0.2, 0.25) is 0 Å². The molecule has 0 fully saturated rings. The maximum absolute atomic E-state index is 11.3. The zero-order chi connectivity index (χ0) is 14.0. The maximum atomic E-state index is 11.3. The molecule has 0 atom stereocenters. The lowest BCUT2D eigenvalue weighted by Gasteiger charge is -2.22. The first kappa shape index (κ1) is 13.4. The van der Waals surface area contributed by atoms with Crippen LogP contribution in [0.3, 0.4) is 0 Å². The molecule has 2 aromatic rings. The molecule has 2 aromatic heterocycles. The third kappa shape index (κ3) is 2.39. The summed E-state index contributed by atoms with van der Waals surface area (Å²) in [5.74, 6) is -0.993. The van der Waals surface area contributed by atoms with Crippen molar-refractivity contribution in [2.24, 2.45) is 0 Å². The normalized spacial score (nSPS) is 10.9. The van der Waals surface area contributed by atoms with Crippen molar-refractivity contribution < 1.29 is 15.0 Å². The Balaban J connectivity index is 2.55. The number of aromatic nitrogens is 2. The van der Waals surface area contributed by atoms with E-state index in [9.17, 15) is 9.90 Å². The molecule has 0 radical (unpaired) electrons. The van der Waals surface area contributed by atoms with Gasteiger partial charge >= 0.3 is 5.97 Å². The zero-order valence-electron chi connectivity index (χ0n) is 11.0. The fourth-order valence-corrected chi connectivity index (χ4v) is 2.19. The lowest BCUT2D eigenvalue weighted by molar-refractivity contribution is 0.0688. The minimum absolute atomic E-state index is 0.0562. The van der Waals surface area contributed by atoms with E-state index in [0.717, 1.165) is 12.2 Å². The Bertz CT molecular complexity index is 606. The van der Waals surface area contributed by atoms with E-state index in [-0.39, 0.29) is 12.3 Å². The Morgan fingerprint density at radius 3 is 2.79 bits per heavy atom. The molecular formula is C13H17N3O3. The number of hydrogen-bond donors (Lipinski definition) is 2. The highest BCUT2D eigenvalue weighted by Gasteiger charge is 2.16. The van der Waals surface area contributed by atoms with Gasteiger partial charge in [0.15, 0.2) is 5.69 Å². The van der Waals surface area contributed by atoms with Gasteiger partial charge in [-0.1, -0.05) is 0 Å². The number of carbonyl (C=O) groups is 1. The fourth-order valence-electron chi connectivity index (χ4n) is 2.19. The van der Waals surface area contributed by atoms with Crippen molar-refractivity contribution in [1.82, 2.24) is 9.38 Å². The number of aromatic carboxylic acids is 1. The van der Waals surface area contributed by atoms with Gasteiger partial charge in [-0.05, 0) is 26.0 Å². The van der Waals surface area contributed by atoms with E-state index in [1.807, 2.05) is 17.9 Å². The molecule has 6 nitrogen and oxygen atoms in total. The maximum Gasteiger partial charge on any atom is 0.354 e. The summed E-state index contributed by atoms with van der Waals surface area (Å²) in [6, 6.07) is 3.67. The number of aliphatic hydroxyl groups excluding tert-OH is 1. The molecule has 0 spiro atoms. The van der Waals surface area contributed by atoms with Crippen LogP contribution in [0.1, 0.15) is 23.1 Å². The van der Waals surface area contributed by atoms with Crippen LogP contribution in [0.15, 0.2) is 18.3 Å². The first-order chi connectivity index (χ1) is 9.08. The summed E-state index contributed by atoms with van der Waals surface area (Å²) < 4.78 is 1.58. The van der Waals surface area contributed by atoms with E-state index in [1.165, 1.54) is 0 Å². The average Bonchev–Trinajstić information content (AvgIpc) is 2.70. The Hall–Kier alpha value is -2.08. The number of pyridine rings is 1. The second-order valence-electron chi connectivity index (χ2n) is 4.27. The first-order valence-electron chi connectivity index (χ1n) is 6.16. The monoisotopic (exact) mass is 263 g/mol. The lowest BCUT2D eigenvalue weighted by atomic mass is 10.3. The van der Waals surface area contributed by atoms with E-state index in [0.29, 0.717) is 17.9 Å². The Morgan fingerprint density at radius 1 is 1.47 bits per heavy atom. The number of imidazole rings is 1. The Kier molecular flexibility index (Phi) is 3.71. The topological polar surface area (TPSA) is 78.1 Å². The Labute approximate surface area is 110 Å². The van der Waals surface area contributed by atoms with Crippen LogP contribution in [-0.2, 0) is 0 Å². The van der Waals surface area contributed by atoms with Gasteiger partial charge in [0.25, 0.3) is 0 Å². The van der Waals surface area contributed by atoms with Crippen LogP contribution in [0, 0.1) is 6.92 Å². The highest BCUT2D eigenvalue weighted by molar-refractivity contribution is 5.88. The van der Waals surface area contributed by atoms with Gasteiger partial charge < -0.3 is 15.1 Å². The number of likely N-dealkylation sites (N-methyl/N-ethyl adjacent to an activating group) is 1. The van der Waals surface area contributed by atoms with Gasteiger partial charge in [-0.15, -0.1) is 0 Å². The molecule has 0 amide bonds. The molecule has 0 aromatic carbocycles. The highest BCUT2D eigenvalue weighted by atomic mass is 16.4. The summed E-state index contributed by atoms with van der Waals surface area (Å²) >= 11 is 0. The van der Waals surface area contributed by atoms with Crippen molar-refractivity contribution in [1.29, 1.82) is 0 Å². The smallest absolute Gasteiger partial charge is 0.354 e. The van der Waals surface area contributed by atoms with E-state index < -0.39 is 5.97 Å². The van der Waals surface area contributed by atoms with Crippen molar-refractivity contribution in [3.8, 4) is 0 Å². The highest BCUT2D eigenvalue weighted by Crippen LogP contribution is 2.19. The summed E-state index contributed by atoms with van der Waals surface area (Å²) in [6.07, 6.45) is 1.75. The van der Waals surface area contributed by atoms with E-state index >= 15 is 0 Å². The lowest BCUT2D eigenvalue weighted by Crippen LogP contribution is -2.26. The van der Waals surface area contributed by atoms with Gasteiger partial charge in [-0.3, -0.25) is 4.40 Å². The predicted molar refractivity (Wildman–Crippen MR) is 71.9 cm³/mol. The summed E-state index contributed by atoms with van der Waals surface area (Å²) in [7, 11) is 0. The molecule has 0 saturated heterocycles. The number of aryl methyl sites for hydroxylation is 1. The molecule has 0 saturated carbocycles. The quantitative estimate of drug-likeness (QED) is 0.846. The fraction of sp³-hybridized carbons (Fsp3) is 0.385. The van der Waals surface area contributed by atoms with Crippen molar-refractivity contribution in [2.45, 2.75) is 13.8 Å². The summed E-state index contributed by atoms with van der Waals surface area (Å²) in [5, 5.41) is 18.3. The van der Waals surface area contributed by atoms with Gasteiger partial charge in [-0.25, -0.2) is 9.78 Å². The van der Waals surface area contributed by atoms with Crippen molar-refractivity contribution in [3.05, 3.63) is 29.7 Å². The number of carboxylic acids is 1. The van der Waals surface area contributed by atoms with Gasteiger partial charge in [0.2, 0.25) is 0 Å². The number of hydrogen-bond acceptors (Lipinski definition) is 4. The molecule has 0 aliphatic rings. The molecule has 102 valence electrons. The summed E-state index contributed by atoms with van der Waals surface area (Å²) in [5.41, 5.74) is 2.15. The van der Waals surface area contributed by atoms with Gasteiger partial charge in [0.05, 0.1) is 18.0 Å². The molecule has 6 heteroatoms. The van der Waals surface area contributed by atoms with Crippen LogP contribution in [0.4, 0.5) is 5.69 Å². The van der Waals surface area contributed by atoms with Crippen molar-refractivity contribution >= 4 is 17.3 Å². The number of aliphatic hydroxyl groups is 1. The van der Waals surface area contributed by atoms with Crippen LogP contribution in [-0.4, -0.2) is 45.3 Å². The molecule has 0 bridgehead atoms. The molecule has 0 unspecified atom stereocenters. The van der Waals surface area contributed by atoms with Gasteiger partial charge in [-0.2, -0.15) is 0 Å². The second-order valence-corrected chi connectivity index (χ2v) is 4.27. The number of carboxylic acid groups (broad SMARTS) is 1. The summed E-state index contributed by atoms with van der Waals surface area (Å²) in [6.45, 7) is 4.97. The molecule has 19 heavy (non-hydrogen) atoms. The third-order valence-electron chi connectivity index (χ3n) is 3.10. The minimum Gasteiger partial charge on any atom is -0.477 e. The van der Waals surface area contributed by atoms with Gasteiger partial charge in [0, 0.05) is 19.3 Å². The Morgan fingerprint density at radius 2 is 2.21 bits per heavy atom. The molecule has 2 rings (SSSR count). The van der Waals surface area contributed by atoms with E-state index in [2.05, 4.69) is 4.98 Å². The largest absolute Gasteiger partial charge is 0.477 e. The molecule has 0 aliphatic heterocycles. The zero-order valence-corrected chi connectivity index (χ0v) is 11.0. The van der Waals surface area contributed by atoms with Crippen LogP contribution in [0.25, 0.3) is 5.65 Å². The average molecular weight is 263 g/mol. The van der Waals surface area contributed by atoms with E-state index in [4.69, 9.17) is 5.11 Å². The van der Waals surface area contributed by atoms with Gasteiger partial charge in [0.1, 0.15) is 5.65 Å². The first-order valence-corrected chi connectivity index (χ1v) is 6.16. The molecule has 2 N–H and O–H groups in total. The standard InChI is InChI=1S/C13H17N3O3/c1-3-15(6-7-17)10-4-5-11-14-9(2)12(13(18)19)16(11)8-10/h4-5,8,17H,3,6-7H2,1-2H3,(H,18,19). The predicted octanol–water partition coefficient (Wildman–Crippen LogP) is 1.16. The van der Waals surface area contributed by atoms with Crippen LogP contribution >= 0.6 is 0 Å². The second kappa shape index (κ2) is 5.27. The van der Waals surface area contributed by atoms with E-state index in [1.54, 1.807) is 23.6 Å². The van der Waals surface area contributed by atoms with Crippen LogP contribution in [0.5, 0.6) is 0 Å². The number of nitrogens with zero attached hydrogens (tertiary/aromatic N) is 3.